The number of hydrogen-bond acceptors (Lipinski definition) is 3. The Morgan fingerprint density at radius 3 is 2.92 bits per heavy atom. The lowest BCUT2D eigenvalue weighted by Crippen LogP contribution is -2.28. The standard InChI is InChI=1S/C18H22FN3O2/c1-10-6-5-7-15(19)14(10)9-20-18(23)16-13-8-11(2)24-12(3)17(13)22(4)21-16/h5-7,11-12H,8-9H2,1-4H3,(H,20,23)/t11-,12+/m1/s1. The molecule has 0 radical (unpaired) electrons. The van der Waals surface area contributed by atoms with E-state index in [0.717, 1.165) is 16.8 Å². The van der Waals surface area contributed by atoms with E-state index in [1.165, 1.54) is 6.07 Å². The molecule has 0 aliphatic carbocycles. The Kier molecular flexibility index (Phi) is 4.41. The second-order valence-corrected chi connectivity index (χ2v) is 6.35. The van der Waals surface area contributed by atoms with Crippen LogP contribution in [0.15, 0.2) is 18.2 Å². The van der Waals surface area contributed by atoms with Crippen LogP contribution in [0.2, 0.25) is 0 Å². The molecule has 2 heterocycles. The maximum atomic E-state index is 13.9. The van der Waals surface area contributed by atoms with Crippen molar-refractivity contribution in [3.8, 4) is 0 Å². The van der Waals surface area contributed by atoms with Crippen LogP contribution in [0.25, 0.3) is 0 Å². The van der Waals surface area contributed by atoms with Crippen LogP contribution in [0.1, 0.15) is 52.8 Å². The normalized spacial score (nSPS) is 19.9. The SMILES string of the molecule is Cc1cccc(F)c1CNC(=O)c1nn(C)c2c1C[C@@H](C)O[C@H]2C. The Hall–Kier alpha value is -2.21. The largest absolute Gasteiger partial charge is 0.369 e. The highest BCUT2D eigenvalue weighted by Gasteiger charge is 2.31. The molecule has 0 saturated carbocycles. The van der Waals surface area contributed by atoms with E-state index in [1.54, 1.807) is 10.7 Å². The molecule has 1 aliphatic heterocycles. The molecule has 2 atom stereocenters. The molecule has 1 amide bonds. The minimum atomic E-state index is -0.311. The van der Waals surface area contributed by atoms with E-state index < -0.39 is 0 Å². The third kappa shape index (κ3) is 2.94. The lowest BCUT2D eigenvalue weighted by molar-refractivity contribution is -0.00903. The predicted octanol–water partition coefficient (Wildman–Crippen LogP) is 2.82. The topological polar surface area (TPSA) is 56.2 Å². The number of nitrogens with one attached hydrogen (secondary N) is 1. The number of fused-ring (bicyclic) bond motifs is 1. The third-order valence-electron chi connectivity index (χ3n) is 4.50. The van der Waals surface area contributed by atoms with Crippen molar-refractivity contribution in [2.24, 2.45) is 7.05 Å². The summed E-state index contributed by atoms with van der Waals surface area (Å²) in [5.74, 6) is -0.593. The van der Waals surface area contributed by atoms with E-state index in [0.29, 0.717) is 17.7 Å². The van der Waals surface area contributed by atoms with Gasteiger partial charge in [-0.25, -0.2) is 4.39 Å². The van der Waals surface area contributed by atoms with Crippen molar-refractivity contribution in [3.63, 3.8) is 0 Å². The van der Waals surface area contributed by atoms with Crippen molar-refractivity contribution >= 4 is 5.91 Å². The number of hydrogen-bond donors (Lipinski definition) is 1. The Morgan fingerprint density at radius 1 is 1.46 bits per heavy atom. The van der Waals surface area contributed by atoms with Gasteiger partial charge in [-0.15, -0.1) is 0 Å². The van der Waals surface area contributed by atoms with Crippen LogP contribution in [0.4, 0.5) is 4.39 Å². The number of amides is 1. The average Bonchev–Trinajstić information content (AvgIpc) is 2.83. The van der Waals surface area contributed by atoms with Crippen LogP contribution < -0.4 is 5.32 Å². The number of aryl methyl sites for hydroxylation is 2. The summed E-state index contributed by atoms with van der Waals surface area (Å²) in [6, 6.07) is 4.89. The number of halogens is 1. The molecule has 0 spiro atoms. The lowest BCUT2D eigenvalue weighted by atomic mass is 9.99. The zero-order valence-electron chi connectivity index (χ0n) is 14.4. The lowest BCUT2D eigenvalue weighted by Gasteiger charge is -2.26. The van der Waals surface area contributed by atoms with Gasteiger partial charge in [-0.2, -0.15) is 5.10 Å². The van der Waals surface area contributed by atoms with Gasteiger partial charge in [0.15, 0.2) is 5.69 Å². The van der Waals surface area contributed by atoms with Crippen LogP contribution in [0, 0.1) is 12.7 Å². The highest BCUT2D eigenvalue weighted by atomic mass is 19.1. The summed E-state index contributed by atoms with van der Waals surface area (Å²) in [6.07, 6.45) is 0.586. The maximum Gasteiger partial charge on any atom is 0.272 e. The molecule has 6 heteroatoms. The van der Waals surface area contributed by atoms with Crippen molar-refractivity contribution in [1.82, 2.24) is 15.1 Å². The average molecular weight is 331 g/mol. The molecule has 1 aromatic heterocycles. The van der Waals surface area contributed by atoms with E-state index in [9.17, 15) is 9.18 Å². The minimum absolute atomic E-state index is 0.0389. The van der Waals surface area contributed by atoms with Gasteiger partial charge in [0, 0.05) is 31.1 Å². The fourth-order valence-electron chi connectivity index (χ4n) is 3.36. The van der Waals surface area contributed by atoms with Crippen LogP contribution in [0.3, 0.4) is 0 Å². The first kappa shape index (κ1) is 16.6. The number of benzene rings is 1. The maximum absolute atomic E-state index is 13.9. The zero-order valence-corrected chi connectivity index (χ0v) is 14.4. The van der Waals surface area contributed by atoms with E-state index in [-0.39, 0.29) is 30.5 Å². The summed E-state index contributed by atoms with van der Waals surface area (Å²) in [5.41, 5.74) is 3.57. The first-order valence-corrected chi connectivity index (χ1v) is 8.12. The van der Waals surface area contributed by atoms with Crippen molar-refractivity contribution in [1.29, 1.82) is 0 Å². The van der Waals surface area contributed by atoms with E-state index in [4.69, 9.17) is 4.74 Å². The molecule has 3 rings (SSSR count). The quantitative estimate of drug-likeness (QED) is 0.941. The zero-order chi connectivity index (χ0) is 17.4. The Labute approximate surface area is 140 Å². The van der Waals surface area contributed by atoms with Gasteiger partial charge in [0.05, 0.1) is 17.9 Å². The second kappa shape index (κ2) is 6.36. The number of rotatable bonds is 3. The monoisotopic (exact) mass is 331 g/mol. The molecule has 128 valence electrons. The first-order valence-electron chi connectivity index (χ1n) is 8.12. The summed E-state index contributed by atoms with van der Waals surface area (Å²) in [7, 11) is 1.81. The summed E-state index contributed by atoms with van der Waals surface area (Å²) in [5, 5.41) is 7.16. The van der Waals surface area contributed by atoms with Crippen LogP contribution in [0.5, 0.6) is 0 Å². The molecule has 24 heavy (non-hydrogen) atoms. The number of carbonyl (C=O) groups excluding carboxylic acids is 1. The molecule has 2 aromatic rings. The second-order valence-electron chi connectivity index (χ2n) is 6.35. The Bertz CT molecular complexity index is 765. The fraction of sp³-hybridized carbons (Fsp3) is 0.444. The molecule has 1 N–H and O–H groups in total. The number of nitrogens with zero attached hydrogens (tertiary/aromatic N) is 2. The van der Waals surface area contributed by atoms with Gasteiger partial charge in [-0.05, 0) is 32.4 Å². The molecular weight excluding hydrogens is 309 g/mol. The van der Waals surface area contributed by atoms with Gasteiger partial charge >= 0.3 is 0 Å². The molecule has 1 aromatic carbocycles. The van der Waals surface area contributed by atoms with E-state index in [2.05, 4.69) is 10.4 Å². The van der Waals surface area contributed by atoms with E-state index >= 15 is 0 Å². The molecule has 0 bridgehead atoms. The first-order chi connectivity index (χ1) is 11.4. The molecule has 0 fully saturated rings. The van der Waals surface area contributed by atoms with Crippen LogP contribution in [-0.2, 0) is 24.8 Å². The van der Waals surface area contributed by atoms with Crippen molar-refractivity contribution in [3.05, 3.63) is 52.1 Å². The summed E-state index contributed by atoms with van der Waals surface area (Å²) in [4.78, 5) is 12.6. The van der Waals surface area contributed by atoms with Gasteiger partial charge in [0.2, 0.25) is 0 Å². The third-order valence-corrected chi connectivity index (χ3v) is 4.50. The van der Waals surface area contributed by atoms with Gasteiger partial charge in [-0.3, -0.25) is 9.48 Å². The summed E-state index contributed by atoms with van der Waals surface area (Å²) in [6.45, 7) is 5.91. The fourth-order valence-corrected chi connectivity index (χ4v) is 3.36. The van der Waals surface area contributed by atoms with Crippen molar-refractivity contribution in [2.75, 3.05) is 0 Å². The van der Waals surface area contributed by atoms with Gasteiger partial charge in [-0.1, -0.05) is 12.1 Å². The Morgan fingerprint density at radius 2 is 2.21 bits per heavy atom. The molecule has 0 unspecified atom stereocenters. The van der Waals surface area contributed by atoms with Crippen molar-refractivity contribution in [2.45, 2.75) is 45.9 Å². The molecule has 5 nitrogen and oxygen atoms in total. The predicted molar refractivity (Wildman–Crippen MR) is 88.2 cm³/mol. The van der Waals surface area contributed by atoms with Crippen molar-refractivity contribution < 1.29 is 13.9 Å². The highest BCUT2D eigenvalue weighted by Crippen LogP contribution is 2.31. The van der Waals surface area contributed by atoms with E-state index in [1.807, 2.05) is 33.9 Å². The van der Waals surface area contributed by atoms with Gasteiger partial charge < -0.3 is 10.1 Å². The van der Waals surface area contributed by atoms with Crippen LogP contribution in [-0.4, -0.2) is 21.8 Å². The van der Waals surface area contributed by atoms with Crippen LogP contribution >= 0.6 is 0 Å². The number of carbonyl (C=O) groups is 1. The summed E-state index contributed by atoms with van der Waals surface area (Å²) < 4.78 is 21.4. The number of ether oxygens (including phenoxy) is 1. The molecular formula is C18H22FN3O2. The summed E-state index contributed by atoms with van der Waals surface area (Å²) >= 11 is 0. The molecule has 0 saturated heterocycles. The Balaban J connectivity index is 1.83. The molecule has 1 aliphatic rings. The smallest absolute Gasteiger partial charge is 0.272 e. The number of aromatic nitrogens is 2. The van der Waals surface area contributed by atoms with Gasteiger partial charge in [0.25, 0.3) is 5.91 Å². The highest BCUT2D eigenvalue weighted by molar-refractivity contribution is 5.94. The minimum Gasteiger partial charge on any atom is -0.369 e. The van der Waals surface area contributed by atoms with Gasteiger partial charge in [0.1, 0.15) is 5.82 Å².